The van der Waals surface area contributed by atoms with Crippen molar-refractivity contribution in [3.63, 3.8) is 0 Å². The Bertz CT molecular complexity index is 1040. The number of allylic oxidation sites excluding steroid dienone is 4. The van der Waals surface area contributed by atoms with Crippen molar-refractivity contribution in [2.24, 2.45) is 0 Å². The van der Waals surface area contributed by atoms with E-state index in [0.717, 1.165) is 44.0 Å². The van der Waals surface area contributed by atoms with Gasteiger partial charge in [0.1, 0.15) is 36.9 Å². The minimum atomic E-state index is 0.282. The van der Waals surface area contributed by atoms with Crippen LogP contribution >= 0.6 is 0 Å². The SMILES string of the molecule is CCCCCCCCc1cc(C2=CCC(c3ccc(OCC4CO4)cc3)=CC2)ccc1OCC1CO1. The van der Waals surface area contributed by atoms with E-state index in [1.807, 2.05) is 0 Å². The Hall–Kier alpha value is -2.56. The molecule has 0 N–H and O–H groups in total. The van der Waals surface area contributed by atoms with Gasteiger partial charge in [0.25, 0.3) is 0 Å². The van der Waals surface area contributed by atoms with Crippen LogP contribution < -0.4 is 9.47 Å². The molecule has 2 aromatic rings. The Labute approximate surface area is 216 Å². The summed E-state index contributed by atoms with van der Waals surface area (Å²) in [5.41, 5.74) is 6.73. The summed E-state index contributed by atoms with van der Waals surface area (Å²) in [6, 6.07) is 15.2. The third kappa shape index (κ3) is 7.47. The molecule has 1 aliphatic carbocycles. The molecule has 2 atom stereocenters. The van der Waals surface area contributed by atoms with Gasteiger partial charge in [0.2, 0.25) is 0 Å². The second kappa shape index (κ2) is 12.6. The molecule has 2 heterocycles. The van der Waals surface area contributed by atoms with E-state index < -0.39 is 0 Å². The minimum Gasteiger partial charge on any atom is -0.491 e. The highest BCUT2D eigenvalue weighted by atomic mass is 16.6. The number of rotatable bonds is 15. The van der Waals surface area contributed by atoms with Gasteiger partial charge in [-0.2, -0.15) is 0 Å². The second-order valence-corrected chi connectivity index (χ2v) is 10.3. The van der Waals surface area contributed by atoms with Crippen molar-refractivity contribution >= 4 is 11.1 Å². The molecule has 0 bridgehead atoms. The molecule has 0 spiro atoms. The van der Waals surface area contributed by atoms with Crippen LogP contribution in [0.25, 0.3) is 11.1 Å². The number of hydrogen-bond donors (Lipinski definition) is 0. The molecule has 2 saturated heterocycles. The molecule has 2 aliphatic heterocycles. The summed E-state index contributed by atoms with van der Waals surface area (Å²) in [5.74, 6) is 1.95. The summed E-state index contributed by atoms with van der Waals surface area (Å²) in [7, 11) is 0. The fourth-order valence-electron chi connectivity index (χ4n) is 4.78. The minimum absolute atomic E-state index is 0.282. The van der Waals surface area contributed by atoms with E-state index in [0.29, 0.717) is 13.2 Å². The molecular weight excluding hydrogens is 448 g/mol. The molecule has 36 heavy (non-hydrogen) atoms. The van der Waals surface area contributed by atoms with Crippen LogP contribution in [0.1, 0.15) is 75.0 Å². The molecular formula is C32H40O4. The van der Waals surface area contributed by atoms with Crippen molar-refractivity contribution in [3.05, 3.63) is 71.3 Å². The van der Waals surface area contributed by atoms with Gasteiger partial charge in [-0.15, -0.1) is 0 Å². The first kappa shape index (κ1) is 25.1. The summed E-state index contributed by atoms with van der Waals surface area (Å²) in [6.45, 7) is 5.24. The van der Waals surface area contributed by atoms with Crippen LogP contribution in [0.2, 0.25) is 0 Å². The zero-order chi connectivity index (χ0) is 24.6. The van der Waals surface area contributed by atoms with Gasteiger partial charge in [0.05, 0.1) is 13.2 Å². The zero-order valence-corrected chi connectivity index (χ0v) is 21.7. The van der Waals surface area contributed by atoms with E-state index in [-0.39, 0.29) is 12.2 Å². The van der Waals surface area contributed by atoms with Crippen molar-refractivity contribution in [2.45, 2.75) is 76.9 Å². The normalized spacial score (nSPS) is 20.5. The molecule has 0 saturated carbocycles. The molecule has 0 amide bonds. The van der Waals surface area contributed by atoms with E-state index >= 15 is 0 Å². The fraction of sp³-hybridized carbons (Fsp3) is 0.500. The van der Waals surface area contributed by atoms with Crippen LogP contribution in [0.3, 0.4) is 0 Å². The number of ether oxygens (including phenoxy) is 4. The number of epoxide rings is 2. The van der Waals surface area contributed by atoms with E-state index in [1.165, 1.54) is 66.4 Å². The van der Waals surface area contributed by atoms with E-state index in [1.54, 1.807) is 0 Å². The lowest BCUT2D eigenvalue weighted by Gasteiger charge is -2.18. The summed E-state index contributed by atoms with van der Waals surface area (Å²) in [4.78, 5) is 0. The molecule has 2 fully saturated rings. The van der Waals surface area contributed by atoms with Crippen LogP contribution in [0, 0.1) is 0 Å². The number of hydrogen-bond acceptors (Lipinski definition) is 4. The molecule has 192 valence electrons. The van der Waals surface area contributed by atoms with Crippen molar-refractivity contribution in [1.82, 2.24) is 0 Å². The standard InChI is InChI=1S/C32H40O4/c1-2-3-4-5-6-7-8-28-19-27(15-18-32(28)36-23-31-22-35-31)26-11-9-24(10-12-26)25-13-16-29(17-14-25)33-20-30-21-34-30/h9,12-19,30-31H,2-8,10-11,20-23H2,1H3. The summed E-state index contributed by atoms with van der Waals surface area (Å²) in [6.07, 6.45) is 16.2. The van der Waals surface area contributed by atoms with Crippen molar-refractivity contribution in [1.29, 1.82) is 0 Å². The van der Waals surface area contributed by atoms with E-state index in [4.69, 9.17) is 18.9 Å². The molecule has 5 rings (SSSR count). The average molecular weight is 489 g/mol. The third-order valence-electron chi connectivity index (χ3n) is 7.26. The lowest BCUT2D eigenvalue weighted by atomic mass is 9.89. The summed E-state index contributed by atoms with van der Waals surface area (Å²) in [5, 5.41) is 0. The van der Waals surface area contributed by atoms with Crippen molar-refractivity contribution in [3.8, 4) is 11.5 Å². The van der Waals surface area contributed by atoms with Crippen molar-refractivity contribution in [2.75, 3.05) is 26.4 Å². The predicted octanol–water partition coefficient (Wildman–Crippen LogP) is 7.41. The summed E-state index contributed by atoms with van der Waals surface area (Å²) >= 11 is 0. The highest BCUT2D eigenvalue weighted by molar-refractivity contribution is 5.78. The first-order valence-electron chi connectivity index (χ1n) is 13.9. The molecule has 4 heteroatoms. The molecule has 2 aromatic carbocycles. The Balaban J connectivity index is 1.19. The smallest absolute Gasteiger partial charge is 0.122 e. The molecule has 0 aromatic heterocycles. The highest BCUT2D eigenvalue weighted by Gasteiger charge is 2.24. The fourth-order valence-corrected chi connectivity index (χ4v) is 4.78. The lowest BCUT2D eigenvalue weighted by Crippen LogP contribution is -2.06. The van der Waals surface area contributed by atoms with Gasteiger partial charge in [-0.3, -0.25) is 0 Å². The summed E-state index contributed by atoms with van der Waals surface area (Å²) < 4.78 is 22.5. The van der Waals surface area contributed by atoms with Gasteiger partial charge in [0, 0.05) is 0 Å². The molecule has 2 unspecified atom stereocenters. The first-order chi connectivity index (χ1) is 17.8. The first-order valence-corrected chi connectivity index (χ1v) is 13.9. The van der Waals surface area contributed by atoms with Crippen LogP contribution in [0.4, 0.5) is 0 Å². The Morgan fingerprint density at radius 3 is 2.00 bits per heavy atom. The van der Waals surface area contributed by atoms with Crippen LogP contribution in [0.5, 0.6) is 11.5 Å². The van der Waals surface area contributed by atoms with Gasteiger partial charge in [0.15, 0.2) is 0 Å². The zero-order valence-electron chi connectivity index (χ0n) is 21.7. The largest absolute Gasteiger partial charge is 0.491 e. The number of aryl methyl sites for hydroxylation is 1. The molecule has 0 radical (unpaired) electrons. The van der Waals surface area contributed by atoms with Crippen molar-refractivity contribution < 1.29 is 18.9 Å². The van der Waals surface area contributed by atoms with Crippen LogP contribution in [-0.2, 0) is 15.9 Å². The van der Waals surface area contributed by atoms with E-state index in [2.05, 4.69) is 61.5 Å². The van der Waals surface area contributed by atoms with Crippen LogP contribution in [0.15, 0.2) is 54.6 Å². The van der Waals surface area contributed by atoms with Gasteiger partial charge >= 0.3 is 0 Å². The van der Waals surface area contributed by atoms with Crippen LogP contribution in [-0.4, -0.2) is 38.6 Å². The monoisotopic (exact) mass is 488 g/mol. The second-order valence-electron chi connectivity index (χ2n) is 10.3. The van der Waals surface area contributed by atoms with Gasteiger partial charge in [-0.05, 0) is 77.8 Å². The van der Waals surface area contributed by atoms with Gasteiger partial charge in [-0.25, -0.2) is 0 Å². The highest BCUT2D eigenvalue weighted by Crippen LogP contribution is 2.34. The quantitative estimate of drug-likeness (QED) is 0.193. The molecule has 4 nitrogen and oxygen atoms in total. The Morgan fingerprint density at radius 1 is 0.722 bits per heavy atom. The predicted molar refractivity (Wildman–Crippen MR) is 146 cm³/mol. The lowest BCUT2D eigenvalue weighted by molar-refractivity contribution is 0.261. The molecule has 3 aliphatic rings. The van der Waals surface area contributed by atoms with Gasteiger partial charge in [-0.1, -0.05) is 69.4 Å². The maximum atomic E-state index is 6.14. The Morgan fingerprint density at radius 2 is 1.33 bits per heavy atom. The Kier molecular flexibility index (Phi) is 8.79. The topological polar surface area (TPSA) is 43.5 Å². The third-order valence-corrected chi connectivity index (χ3v) is 7.26. The van der Waals surface area contributed by atoms with E-state index in [9.17, 15) is 0 Å². The van der Waals surface area contributed by atoms with Gasteiger partial charge < -0.3 is 18.9 Å². The maximum absolute atomic E-state index is 6.14. The maximum Gasteiger partial charge on any atom is 0.122 e. The number of benzene rings is 2. The average Bonchev–Trinajstić information content (AvgIpc) is 3.85. The number of unbranched alkanes of at least 4 members (excludes halogenated alkanes) is 5.